The normalized spacial score (nSPS) is 11.8. The molecule has 0 aliphatic carbocycles. The van der Waals surface area contributed by atoms with Gasteiger partial charge in [-0.25, -0.2) is 14.7 Å². The number of nitrogens with zero attached hydrogens (tertiary/aromatic N) is 5. The molecule has 3 aromatic carbocycles. The van der Waals surface area contributed by atoms with Crippen molar-refractivity contribution >= 4 is 34.6 Å². The second kappa shape index (κ2) is 12.7. The number of nitrogens with two attached hydrogens (primary N) is 1. The molecule has 0 aliphatic heterocycles. The van der Waals surface area contributed by atoms with Crippen molar-refractivity contribution < 1.29 is 9.59 Å². The number of imidazole rings is 1. The molecule has 40 heavy (non-hydrogen) atoms. The topological polar surface area (TPSA) is 108 Å². The van der Waals surface area contributed by atoms with Gasteiger partial charge in [-0.15, -0.1) is 0 Å². The van der Waals surface area contributed by atoms with Crippen LogP contribution in [0.25, 0.3) is 11.0 Å². The number of carbonyl (C=O) groups is 2. The Kier molecular flexibility index (Phi) is 9.08. The summed E-state index contributed by atoms with van der Waals surface area (Å²) < 4.78 is 2.14. The van der Waals surface area contributed by atoms with E-state index >= 15 is 0 Å². The Morgan fingerprint density at radius 3 is 2.38 bits per heavy atom. The molecule has 0 radical (unpaired) electrons. The first kappa shape index (κ1) is 28.7. The molecule has 0 bridgehead atoms. The third-order valence-electron chi connectivity index (χ3n) is 6.88. The molecule has 9 heteroatoms. The maximum absolute atomic E-state index is 14.1. The number of benzene rings is 3. The van der Waals surface area contributed by atoms with E-state index in [4.69, 9.17) is 22.3 Å². The van der Waals surface area contributed by atoms with Gasteiger partial charge in [0.2, 0.25) is 0 Å². The highest BCUT2D eigenvalue weighted by molar-refractivity contribution is 6.31. The molecule has 0 fully saturated rings. The quantitative estimate of drug-likeness (QED) is 0.187. The van der Waals surface area contributed by atoms with Crippen LogP contribution in [0.5, 0.6) is 0 Å². The highest BCUT2D eigenvalue weighted by Crippen LogP contribution is 2.33. The number of aromatic nitrogens is 2. The van der Waals surface area contributed by atoms with Gasteiger partial charge in [-0.1, -0.05) is 73.5 Å². The van der Waals surface area contributed by atoms with Crippen LogP contribution >= 0.6 is 11.6 Å². The molecule has 3 amide bonds. The third-order valence-corrected chi connectivity index (χ3v) is 7.12. The minimum Gasteiger partial charge on any atom is -0.351 e. The Morgan fingerprint density at radius 1 is 1.05 bits per heavy atom. The first-order valence-corrected chi connectivity index (χ1v) is 13.6. The summed E-state index contributed by atoms with van der Waals surface area (Å²) in [5, 5.41) is 9.88. The zero-order chi connectivity index (χ0) is 28.8. The van der Waals surface area contributed by atoms with Crippen LogP contribution in [0.3, 0.4) is 0 Å². The van der Waals surface area contributed by atoms with Gasteiger partial charge in [-0.3, -0.25) is 4.79 Å². The minimum absolute atomic E-state index is 0.0144. The molecule has 0 saturated heterocycles. The van der Waals surface area contributed by atoms with Gasteiger partial charge in [-0.05, 0) is 55.2 Å². The standard InChI is InChI=1S/C31H33ClN6O2/c1-21(2)28(29-35-26-18-25(32)14-15-27(26)38(29)19-23-8-5-4-6-9-23)37(17-7-16-36(20-33)31(34)40)30(39)24-12-10-22(3)11-13-24/h4-6,8-15,18,21,28H,7,16-17,19H2,1-3H3,(H2,34,40). The molecule has 2 N–H and O–H groups in total. The molecule has 0 saturated carbocycles. The van der Waals surface area contributed by atoms with Crippen LogP contribution in [0, 0.1) is 24.3 Å². The SMILES string of the molecule is Cc1ccc(C(=O)N(CCCN(C#N)C(N)=O)C(c2nc3cc(Cl)ccc3n2Cc2ccccc2)C(C)C)cc1. The molecule has 8 nitrogen and oxygen atoms in total. The maximum atomic E-state index is 14.1. The zero-order valence-corrected chi connectivity index (χ0v) is 23.7. The van der Waals surface area contributed by atoms with Crippen LogP contribution in [0.1, 0.15) is 53.6 Å². The Balaban J connectivity index is 1.82. The number of carbonyl (C=O) groups excluding carboxylic acids is 2. The molecule has 4 rings (SSSR count). The molecule has 0 spiro atoms. The van der Waals surface area contributed by atoms with E-state index in [2.05, 4.69) is 30.5 Å². The lowest BCUT2D eigenvalue weighted by Crippen LogP contribution is -2.41. The van der Waals surface area contributed by atoms with Gasteiger partial charge in [0.25, 0.3) is 5.91 Å². The van der Waals surface area contributed by atoms with Crippen molar-refractivity contribution in [2.75, 3.05) is 13.1 Å². The molecular formula is C31H33ClN6O2. The highest BCUT2D eigenvalue weighted by atomic mass is 35.5. The number of primary amides is 1. The number of halogens is 1. The smallest absolute Gasteiger partial charge is 0.327 e. The predicted molar refractivity (Wildman–Crippen MR) is 157 cm³/mol. The van der Waals surface area contributed by atoms with E-state index in [0.717, 1.165) is 32.9 Å². The first-order valence-electron chi connectivity index (χ1n) is 13.2. The van der Waals surface area contributed by atoms with Crippen molar-refractivity contribution in [2.24, 2.45) is 11.7 Å². The Bertz CT molecular complexity index is 1530. The van der Waals surface area contributed by atoms with Gasteiger partial charge < -0.3 is 15.2 Å². The van der Waals surface area contributed by atoms with E-state index < -0.39 is 12.1 Å². The summed E-state index contributed by atoms with van der Waals surface area (Å²) in [6, 6.07) is 22.0. The van der Waals surface area contributed by atoms with Crippen LogP contribution in [0.4, 0.5) is 4.79 Å². The Labute approximate surface area is 239 Å². The number of amides is 3. The fourth-order valence-electron chi connectivity index (χ4n) is 4.91. The summed E-state index contributed by atoms with van der Waals surface area (Å²) in [5.74, 6) is 0.570. The minimum atomic E-state index is -0.819. The van der Waals surface area contributed by atoms with Crippen LogP contribution in [0.2, 0.25) is 5.02 Å². The third kappa shape index (κ3) is 6.44. The molecule has 4 aromatic rings. The van der Waals surface area contributed by atoms with Gasteiger partial charge in [0.1, 0.15) is 5.82 Å². The highest BCUT2D eigenvalue weighted by Gasteiger charge is 2.33. The molecule has 206 valence electrons. The van der Waals surface area contributed by atoms with E-state index in [1.165, 1.54) is 0 Å². The number of hydrogen-bond acceptors (Lipinski definition) is 4. The number of aryl methyl sites for hydroxylation is 1. The summed E-state index contributed by atoms with van der Waals surface area (Å²) in [7, 11) is 0. The average Bonchev–Trinajstić information content (AvgIpc) is 3.26. The van der Waals surface area contributed by atoms with Crippen molar-refractivity contribution in [3.63, 3.8) is 0 Å². The van der Waals surface area contributed by atoms with Crippen molar-refractivity contribution in [3.05, 3.63) is 100 Å². The van der Waals surface area contributed by atoms with Gasteiger partial charge in [0, 0.05) is 30.2 Å². The molecule has 1 heterocycles. The van der Waals surface area contributed by atoms with Crippen molar-refractivity contribution in [3.8, 4) is 6.19 Å². The van der Waals surface area contributed by atoms with E-state index in [1.807, 2.05) is 73.8 Å². The Hall–Kier alpha value is -4.35. The zero-order valence-electron chi connectivity index (χ0n) is 22.9. The van der Waals surface area contributed by atoms with E-state index in [1.54, 1.807) is 4.90 Å². The summed E-state index contributed by atoms with van der Waals surface area (Å²) in [4.78, 5) is 33.4. The number of urea groups is 1. The molecule has 1 aromatic heterocycles. The van der Waals surface area contributed by atoms with Crippen LogP contribution in [-0.2, 0) is 6.54 Å². The van der Waals surface area contributed by atoms with Gasteiger partial charge in [0.05, 0.1) is 17.1 Å². The maximum Gasteiger partial charge on any atom is 0.327 e. The summed E-state index contributed by atoms with van der Waals surface area (Å²) in [6.07, 6.45) is 2.18. The largest absolute Gasteiger partial charge is 0.351 e. The lowest BCUT2D eigenvalue weighted by molar-refractivity contribution is 0.0600. The van der Waals surface area contributed by atoms with Crippen LogP contribution in [0.15, 0.2) is 72.8 Å². The average molecular weight is 557 g/mol. The van der Waals surface area contributed by atoms with Gasteiger partial charge >= 0.3 is 6.03 Å². The van der Waals surface area contributed by atoms with Gasteiger partial charge in [-0.2, -0.15) is 5.26 Å². The fraction of sp³-hybridized carbons (Fsp3) is 0.290. The van der Waals surface area contributed by atoms with Crippen molar-refractivity contribution in [1.29, 1.82) is 5.26 Å². The molecule has 0 aliphatic rings. The number of nitriles is 1. The van der Waals surface area contributed by atoms with Crippen LogP contribution < -0.4 is 5.73 Å². The summed E-state index contributed by atoms with van der Waals surface area (Å²) in [6.45, 7) is 7.05. The second-order valence-corrected chi connectivity index (χ2v) is 10.6. The van der Waals surface area contributed by atoms with E-state index in [-0.39, 0.29) is 24.9 Å². The fourth-order valence-corrected chi connectivity index (χ4v) is 5.08. The lowest BCUT2D eigenvalue weighted by atomic mass is 9.99. The Morgan fingerprint density at radius 2 is 1.75 bits per heavy atom. The monoisotopic (exact) mass is 556 g/mol. The number of rotatable bonds is 10. The summed E-state index contributed by atoms with van der Waals surface area (Å²) in [5.41, 5.74) is 9.71. The molecular weight excluding hydrogens is 524 g/mol. The summed E-state index contributed by atoms with van der Waals surface area (Å²) >= 11 is 6.34. The van der Waals surface area contributed by atoms with Gasteiger partial charge in [0.15, 0.2) is 6.19 Å². The molecule has 1 atom stereocenters. The van der Waals surface area contributed by atoms with Crippen LogP contribution in [-0.4, -0.2) is 44.4 Å². The predicted octanol–water partition coefficient (Wildman–Crippen LogP) is 6.14. The number of hydrogen-bond donors (Lipinski definition) is 1. The van der Waals surface area contributed by atoms with E-state index in [9.17, 15) is 14.9 Å². The van der Waals surface area contributed by atoms with E-state index in [0.29, 0.717) is 23.6 Å². The van der Waals surface area contributed by atoms with Crippen molar-refractivity contribution in [1.82, 2.24) is 19.4 Å². The molecule has 1 unspecified atom stereocenters. The number of fused-ring (bicyclic) bond motifs is 1. The first-order chi connectivity index (χ1) is 19.2. The second-order valence-electron chi connectivity index (χ2n) is 10.2. The lowest BCUT2D eigenvalue weighted by Gasteiger charge is -2.35. The van der Waals surface area contributed by atoms with Crippen molar-refractivity contribution in [2.45, 2.75) is 39.8 Å².